The highest BCUT2D eigenvalue weighted by molar-refractivity contribution is 5.67. The first-order valence-corrected chi connectivity index (χ1v) is 6.58. The molecule has 1 aromatic heterocycles. The van der Waals surface area contributed by atoms with Gasteiger partial charge in [-0.05, 0) is 17.7 Å². The first-order chi connectivity index (χ1) is 10.7. The first-order valence-electron chi connectivity index (χ1n) is 6.58. The van der Waals surface area contributed by atoms with E-state index in [0.29, 0.717) is 12.1 Å². The van der Waals surface area contributed by atoms with Crippen molar-refractivity contribution in [3.63, 3.8) is 0 Å². The van der Waals surface area contributed by atoms with Crippen LogP contribution < -0.4 is 10.1 Å². The Labute approximate surface area is 128 Å². The number of carbonyl (C=O) groups excluding carboxylic acids is 1. The quantitative estimate of drug-likeness (QED) is 0.784. The van der Waals surface area contributed by atoms with E-state index in [0.717, 1.165) is 17.0 Å². The summed E-state index contributed by atoms with van der Waals surface area (Å²) in [7, 11) is 1.62. The zero-order chi connectivity index (χ0) is 15.8. The molecule has 0 radical (unpaired) electrons. The molecule has 0 fully saturated rings. The fourth-order valence-corrected chi connectivity index (χ4v) is 1.85. The maximum absolute atomic E-state index is 11.3. The van der Waals surface area contributed by atoms with Gasteiger partial charge < -0.3 is 14.8 Å². The summed E-state index contributed by atoms with van der Waals surface area (Å²) in [5.74, 6) is 2.99. The predicted octanol–water partition coefficient (Wildman–Crippen LogP) is 1.26. The van der Waals surface area contributed by atoms with Crippen LogP contribution in [0.2, 0.25) is 0 Å². The van der Waals surface area contributed by atoms with Crippen LogP contribution in [0.1, 0.15) is 17.0 Å². The largest absolute Gasteiger partial charge is 0.497 e. The predicted molar refractivity (Wildman–Crippen MR) is 79.2 cm³/mol. The van der Waals surface area contributed by atoms with Gasteiger partial charge in [-0.3, -0.25) is 0 Å². The van der Waals surface area contributed by atoms with Gasteiger partial charge in [-0.2, -0.15) is 15.4 Å². The minimum absolute atomic E-state index is 0.0681. The van der Waals surface area contributed by atoms with Crippen molar-refractivity contribution in [1.29, 1.82) is 0 Å². The van der Waals surface area contributed by atoms with Gasteiger partial charge in [0.25, 0.3) is 0 Å². The molecule has 7 heteroatoms. The molecule has 22 heavy (non-hydrogen) atoms. The molecule has 7 nitrogen and oxygen atoms in total. The molecule has 0 saturated carbocycles. The lowest BCUT2D eigenvalue weighted by molar-refractivity contribution is 0.159. The van der Waals surface area contributed by atoms with Crippen LogP contribution in [0.3, 0.4) is 0 Å². The Morgan fingerprint density at radius 1 is 1.41 bits per heavy atom. The summed E-state index contributed by atoms with van der Waals surface area (Å²) in [6, 6.07) is 7.67. The molecule has 2 rings (SSSR count). The smallest absolute Gasteiger partial charge is 0.408 e. The highest BCUT2D eigenvalue weighted by Crippen LogP contribution is 2.16. The van der Waals surface area contributed by atoms with Crippen molar-refractivity contribution in [1.82, 2.24) is 20.7 Å². The second kappa shape index (κ2) is 7.69. The van der Waals surface area contributed by atoms with E-state index in [2.05, 4.69) is 26.6 Å². The standard InChI is InChI=1S/C15H16N4O3/c1-3-7-22-15(20)16-10-14-13(17-19-18-14)9-11-5-4-6-12(8-11)21-2/h1,4-6,8H,7,9-10H2,2H3,(H,16,20)(H,17,18,19). The molecule has 0 aliphatic carbocycles. The number of hydrogen-bond donors (Lipinski definition) is 2. The van der Waals surface area contributed by atoms with Gasteiger partial charge in [0.1, 0.15) is 11.4 Å². The molecule has 0 bridgehead atoms. The summed E-state index contributed by atoms with van der Waals surface area (Å²) in [6.45, 7) is 0.139. The van der Waals surface area contributed by atoms with Crippen LogP contribution in [0.25, 0.3) is 0 Å². The van der Waals surface area contributed by atoms with E-state index in [1.807, 2.05) is 24.3 Å². The average Bonchev–Trinajstić information content (AvgIpc) is 2.98. The van der Waals surface area contributed by atoms with Crippen LogP contribution in [-0.2, 0) is 17.7 Å². The zero-order valence-electron chi connectivity index (χ0n) is 12.1. The summed E-state index contributed by atoms with van der Waals surface area (Å²) in [6.07, 6.45) is 4.99. The number of alkyl carbamates (subject to hydrolysis) is 1. The van der Waals surface area contributed by atoms with Gasteiger partial charge in [0.05, 0.1) is 19.3 Å². The Kier molecular flexibility index (Phi) is 5.37. The number of H-pyrrole nitrogens is 1. The van der Waals surface area contributed by atoms with E-state index in [1.54, 1.807) is 7.11 Å². The number of carbonyl (C=O) groups is 1. The third kappa shape index (κ3) is 4.24. The van der Waals surface area contributed by atoms with Gasteiger partial charge >= 0.3 is 6.09 Å². The monoisotopic (exact) mass is 300 g/mol. The van der Waals surface area contributed by atoms with Crippen molar-refractivity contribution >= 4 is 6.09 Å². The van der Waals surface area contributed by atoms with Crippen LogP contribution in [-0.4, -0.2) is 35.2 Å². The van der Waals surface area contributed by atoms with Gasteiger partial charge in [0, 0.05) is 6.42 Å². The number of nitrogens with zero attached hydrogens (tertiary/aromatic N) is 2. The zero-order valence-corrected chi connectivity index (χ0v) is 12.1. The SMILES string of the molecule is C#CCOC(=O)NCc1n[nH]nc1Cc1cccc(OC)c1. The van der Waals surface area contributed by atoms with Gasteiger partial charge in [-0.25, -0.2) is 4.79 Å². The second-order valence-corrected chi connectivity index (χ2v) is 4.38. The maximum atomic E-state index is 11.3. The Hall–Kier alpha value is -3.01. The van der Waals surface area contributed by atoms with Crippen molar-refractivity contribution in [2.24, 2.45) is 0 Å². The fourth-order valence-electron chi connectivity index (χ4n) is 1.85. The lowest BCUT2D eigenvalue weighted by atomic mass is 10.1. The lowest BCUT2D eigenvalue weighted by Gasteiger charge is -2.05. The van der Waals surface area contributed by atoms with Crippen molar-refractivity contribution in [3.05, 3.63) is 41.2 Å². The van der Waals surface area contributed by atoms with E-state index in [9.17, 15) is 4.79 Å². The summed E-state index contributed by atoms with van der Waals surface area (Å²) >= 11 is 0. The Bertz CT molecular complexity index is 675. The highest BCUT2D eigenvalue weighted by Gasteiger charge is 2.11. The van der Waals surface area contributed by atoms with Crippen molar-refractivity contribution in [2.45, 2.75) is 13.0 Å². The Balaban J connectivity index is 1.97. The molecular weight excluding hydrogens is 284 g/mol. The highest BCUT2D eigenvalue weighted by atomic mass is 16.5. The molecule has 2 N–H and O–H groups in total. The number of terminal acetylenes is 1. The summed E-state index contributed by atoms with van der Waals surface area (Å²) in [5.41, 5.74) is 2.41. The van der Waals surface area contributed by atoms with E-state index >= 15 is 0 Å². The number of methoxy groups -OCH3 is 1. The van der Waals surface area contributed by atoms with Gasteiger partial charge in [0.15, 0.2) is 6.61 Å². The Morgan fingerprint density at radius 2 is 2.23 bits per heavy atom. The van der Waals surface area contributed by atoms with Crippen LogP contribution >= 0.6 is 0 Å². The topological polar surface area (TPSA) is 89.1 Å². The molecular formula is C15H16N4O3. The molecule has 1 heterocycles. The molecule has 0 spiro atoms. The molecule has 0 aliphatic rings. The summed E-state index contributed by atoms with van der Waals surface area (Å²) < 4.78 is 9.90. The molecule has 114 valence electrons. The van der Waals surface area contributed by atoms with Crippen molar-refractivity contribution in [3.8, 4) is 18.1 Å². The van der Waals surface area contributed by atoms with E-state index in [4.69, 9.17) is 15.9 Å². The maximum Gasteiger partial charge on any atom is 0.408 e. The minimum Gasteiger partial charge on any atom is -0.497 e. The van der Waals surface area contributed by atoms with Gasteiger partial charge in [0.2, 0.25) is 0 Å². The van der Waals surface area contributed by atoms with Crippen LogP contribution in [0.15, 0.2) is 24.3 Å². The average molecular weight is 300 g/mol. The number of benzene rings is 1. The lowest BCUT2D eigenvalue weighted by Crippen LogP contribution is -2.24. The Morgan fingerprint density at radius 3 is 3.00 bits per heavy atom. The van der Waals surface area contributed by atoms with Crippen LogP contribution in [0, 0.1) is 12.3 Å². The fraction of sp³-hybridized carbons (Fsp3) is 0.267. The molecule has 2 aromatic rings. The van der Waals surface area contributed by atoms with Crippen LogP contribution in [0.4, 0.5) is 4.79 Å². The van der Waals surface area contributed by atoms with E-state index in [1.165, 1.54) is 0 Å². The molecule has 0 aliphatic heterocycles. The van der Waals surface area contributed by atoms with Gasteiger partial charge in [-0.15, -0.1) is 6.42 Å². The van der Waals surface area contributed by atoms with Crippen molar-refractivity contribution < 1.29 is 14.3 Å². The third-order valence-electron chi connectivity index (χ3n) is 2.90. The summed E-state index contributed by atoms with van der Waals surface area (Å²) in [5, 5.41) is 13.3. The first kappa shape index (κ1) is 15.4. The van der Waals surface area contributed by atoms with Crippen LogP contribution in [0.5, 0.6) is 5.75 Å². The van der Waals surface area contributed by atoms with E-state index < -0.39 is 6.09 Å². The molecule has 0 atom stereocenters. The molecule has 0 saturated heterocycles. The second-order valence-electron chi connectivity index (χ2n) is 4.38. The third-order valence-corrected chi connectivity index (χ3v) is 2.90. The number of hydrogen-bond acceptors (Lipinski definition) is 5. The molecule has 1 amide bonds. The van der Waals surface area contributed by atoms with Gasteiger partial charge in [-0.1, -0.05) is 18.1 Å². The molecule has 0 unspecified atom stereocenters. The number of rotatable bonds is 6. The molecule has 1 aromatic carbocycles. The number of ether oxygens (including phenoxy) is 2. The van der Waals surface area contributed by atoms with Crippen molar-refractivity contribution in [2.75, 3.05) is 13.7 Å². The summed E-state index contributed by atoms with van der Waals surface area (Å²) in [4.78, 5) is 11.3. The minimum atomic E-state index is -0.590. The number of aromatic nitrogens is 3. The number of amides is 1. The number of nitrogens with one attached hydrogen (secondary N) is 2. The normalized spacial score (nSPS) is 9.82. The van der Waals surface area contributed by atoms with E-state index in [-0.39, 0.29) is 13.2 Å². The number of aromatic amines is 1.